The van der Waals surface area contributed by atoms with E-state index in [-0.39, 0.29) is 23.5 Å². The van der Waals surface area contributed by atoms with Crippen molar-refractivity contribution in [2.24, 2.45) is 5.92 Å². The van der Waals surface area contributed by atoms with Gasteiger partial charge < -0.3 is 14.4 Å². The molecule has 0 unspecified atom stereocenters. The van der Waals surface area contributed by atoms with Crippen LogP contribution in [0, 0.1) is 5.92 Å². The fourth-order valence-corrected chi connectivity index (χ4v) is 6.90. The third-order valence-electron chi connectivity index (χ3n) is 8.76. The average Bonchev–Trinajstić information content (AvgIpc) is 3.37. The first-order chi connectivity index (χ1) is 17.0. The second-order valence-electron chi connectivity index (χ2n) is 10.8. The van der Waals surface area contributed by atoms with E-state index in [1.807, 2.05) is 18.2 Å². The number of carbonyl (C=O) groups excluding carboxylic acids is 1. The molecule has 0 amide bonds. The number of nitrogens with zero attached hydrogens (tertiary/aromatic N) is 1. The average molecular weight is 468 g/mol. The Morgan fingerprint density at radius 3 is 2.03 bits per heavy atom. The Hall–Kier alpha value is -2.95. The van der Waals surface area contributed by atoms with Crippen LogP contribution in [0.5, 0.6) is 0 Å². The Bertz CT molecular complexity index is 1160. The van der Waals surface area contributed by atoms with E-state index in [4.69, 9.17) is 9.47 Å². The predicted octanol–water partition coefficient (Wildman–Crippen LogP) is 5.92. The summed E-state index contributed by atoms with van der Waals surface area (Å²) < 4.78 is 12.0. The Morgan fingerprint density at radius 2 is 1.43 bits per heavy atom. The van der Waals surface area contributed by atoms with Gasteiger partial charge in [-0.1, -0.05) is 66.7 Å². The highest BCUT2D eigenvalue weighted by atomic mass is 16.5. The van der Waals surface area contributed by atoms with Crippen LogP contribution < -0.4 is 0 Å². The molecule has 180 valence electrons. The maximum Gasteiger partial charge on any atom is 0.338 e. The molecule has 3 fully saturated rings. The molecule has 1 heterocycles. The summed E-state index contributed by atoms with van der Waals surface area (Å²) >= 11 is 0. The van der Waals surface area contributed by atoms with Gasteiger partial charge in [0.15, 0.2) is 0 Å². The third-order valence-corrected chi connectivity index (χ3v) is 8.76. The van der Waals surface area contributed by atoms with Crippen molar-refractivity contribution in [2.45, 2.75) is 56.0 Å². The summed E-state index contributed by atoms with van der Waals surface area (Å²) in [4.78, 5) is 15.9. The van der Waals surface area contributed by atoms with Gasteiger partial charge in [0.2, 0.25) is 0 Å². The molecule has 0 spiro atoms. The lowest BCUT2D eigenvalue weighted by atomic mass is 9.52. The highest BCUT2D eigenvalue weighted by Gasteiger charge is 2.58. The Kier molecular flexibility index (Phi) is 5.74. The van der Waals surface area contributed by atoms with E-state index < -0.39 is 0 Å². The summed E-state index contributed by atoms with van der Waals surface area (Å²) in [6, 6.07) is 27.5. The van der Waals surface area contributed by atoms with Crippen LogP contribution in [0.15, 0.2) is 78.9 Å². The van der Waals surface area contributed by atoms with Crippen LogP contribution in [0.1, 0.15) is 63.7 Å². The van der Waals surface area contributed by atoms with Gasteiger partial charge in [-0.2, -0.15) is 0 Å². The van der Waals surface area contributed by atoms with Crippen LogP contribution in [-0.4, -0.2) is 36.6 Å². The number of hydrogen-bond acceptors (Lipinski definition) is 4. The molecule has 3 aromatic rings. The van der Waals surface area contributed by atoms with Crippen LogP contribution in [-0.2, 0) is 22.7 Å². The van der Waals surface area contributed by atoms with E-state index in [2.05, 4.69) is 79.7 Å². The lowest BCUT2D eigenvalue weighted by molar-refractivity contribution is -0.0986. The number of ether oxygens (including phenoxy) is 2. The van der Waals surface area contributed by atoms with Crippen molar-refractivity contribution in [1.29, 1.82) is 0 Å². The zero-order chi connectivity index (χ0) is 24.0. The highest BCUT2D eigenvalue weighted by molar-refractivity contribution is 5.90. The second kappa shape index (κ2) is 8.92. The van der Waals surface area contributed by atoms with Crippen LogP contribution in [0.3, 0.4) is 0 Å². The molecule has 0 aromatic heterocycles. The van der Waals surface area contributed by atoms with Gasteiger partial charge in [-0.25, -0.2) is 4.79 Å². The van der Waals surface area contributed by atoms with Gasteiger partial charge in [-0.05, 0) is 73.2 Å². The van der Waals surface area contributed by atoms with Gasteiger partial charge >= 0.3 is 5.97 Å². The van der Waals surface area contributed by atoms with Gasteiger partial charge in [0.05, 0.1) is 18.8 Å². The number of rotatable bonds is 5. The molecule has 4 nitrogen and oxygen atoms in total. The van der Waals surface area contributed by atoms with E-state index in [0.29, 0.717) is 30.6 Å². The van der Waals surface area contributed by atoms with Crippen LogP contribution in [0.4, 0.5) is 0 Å². The summed E-state index contributed by atoms with van der Waals surface area (Å²) in [5.74, 6) is 0.683. The molecular weight excluding hydrogens is 434 g/mol. The van der Waals surface area contributed by atoms with Crippen molar-refractivity contribution in [1.82, 2.24) is 4.90 Å². The zero-order valence-electron chi connectivity index (χ0n) is 20.5. The topological polar surface area (TPSA) is 38.8 Å². The predicted molar refractivity (Wildman–Crippen MR) is 136 cm³/mol. The first kappa shape index (κ1) is 22.5. The maximum atomic E-state index is 13.5. The molecule has 3 aromatic carbocycles. The normalized spacial score (nSPS) is 29.2. The van der Waals surface area contributed by atoms with Crippen molar-refractivity contribution < 1.29 is 14.3 Å². The molecule has 35 heavy (non-hydrogen) atoms. The minimum Gasteiger partial charge on any atom is -0.458 e. The number of hydrogen-bond donors (Lipinski definition) is 0. The van der Waals surface area contributed by atoms with Crippen molar-refractivity contribution in [2.75, 3.05) is 14.1 Å². The molecule has 4 aliphatic rings. The SMILES string of the molecule is CN(C)C12C[C@@H](OC(=O)c3ccc4c(c3)COC4)C([C@H](c3ccccc3)C1)[C@H](c1ccccc1)C2. The summed E-state index contributed by atoms with van der Waals surface area (Å²) in [5.41, 5.74) is 5.56. The monoisotopic (exact) mass is 467 g/mol. The lowest BCUT2D eigenvalue weighted by Gasteiger charge is -2.60. The summed E-state index contributed by atoms with van der Waals surface area (Å²) in [5, 5.41) is 0. The summed E-state index contributed by atoms with van der Waals surface area (Å²) in [6.07, 6.45) is 2.90. The molecule has 3 aliphatic carbocycles. The lowest BCUT2D eigenvalue weighted by Crippen LogP contribution is -2.61. The van der Waals surface area contributed by atoms with E-state index >= 15 is 0 Å². The molecular formula is C31H33NO3. The third kappa shape index (κ3) is 3.99. The minimum atomic E-state index is -0.218. The molecule has 1 aliphatic heterocycles. The quantitative estimate of drug-likeness (QED) is 0.437. The first-order valence-corrected chi connectivity index (χ1v) is 12.7. The molecule has 3 saturated carbocycles. The van der Waals surface area contributed by atoms with Crippen LogP contribution >= 0.6 is 0 Å². The van der Waals surface area contributed by atoms with E-state index in [1.165, 1.54) is 11.1 Å². The van der Waals surface area contributed by atoms with Crippen LogP contribution in [0.25, 0.3) is 0 Å². The van der Waals surface area contributed by atoms with Crippen molar-refractivity contribution >= 4 is 5.97 Å². The fourth-order valence-electron chi connectivity index (χ4n) is 6.90. The van der Waals surface area contributed by atoms with E-state index in [0.717, 1.165) is 30.4 Å². The second-order valence-corrected chi connectivity index (χ2v) is 10.8. The van der Waals surface area contributed by atoms with Crippen molar-refractivity contribution in [3.8, 4) is 0 Å². The van der Waals surface area contributed by atoms with Gasteiger partial charge in [-0.15, -0.1) is 0 Å². The smallest absolute Gasteiger partial charge is 0.338 e. The summed E-state index contributed by atoms with van der Waals surface area (Å²) in [6.45, 7) is 1.19. The van der Waals surface area contributed by atoms with E-state index in [9.17, 15) is 4.79 Å². The Labute approximate surface area is 207 Å². The number of benzene rings is 3. The molecule has 2 bridgehead atoms. The maximum absolute atomic E-state index is 13.5. The summed E-state index contributed by atoms with van der Waals surface area (Å²) in [7, 11) is 4.38. The fraction of sp³-hybridized carbons (Fsp3) is 0.387. The van der Waals surface area contributed by atoms with Crippen molar-refractivity contribution in [3.05, 3.63) is 107 Å². The highest BCUT2D eigenvalue weighted by Crippen LogP contribution is 2.60. The standard InChI is InChI=1S/C31H33NO3/c1-32(2)31-16-26(21-9-5-3-6-10-21)29(27(17-31)22-11-7-4-8-12-22)28(18-31)35-30(33)23-13-14-24-19-34-20-25(24)15-23/h3-15,26-29H,16-20H2,1-2H3/t26-,27-,28+,29?,31?/m0/s1. The van der Waals surface area contributed by atoms with Gasteiger partial charge in [0.1, 0.15) is 6.10 Å². The minimum absolute atomic E-state index is 0.0213. The molecule has 4 heteroatoms. The Morgan fingerprint density at radius 1 is 0.829 bits per heavy atom. The van der Waals surface area contributed by atoms with Gasteiger partial charge in [0.25, 0.3) is 0 Å². The zero-order valence-corrected chi connectivity index (χ0v) is 20.5. The largest absolute Gasteiger partial charge is 0.458 e. The number of esters is 1. The molecule has 0 N–H and O–H groups in total. The van der Waals surface area contributed by atoms with Crippen LogP contribution in [0.2, 0.25) is 0 Å². The molecule has 0 saturated heterocycles. The first-order valence-electron chi connectivity index (χ1n) is 12.7. The number of fused-ring (bicyclic) bond motifs is 4. The van der Waals surface area contributed by atoms with Gasteiger partial charge in [-0.3, -0.25) is 0 Å². The Balaban J connectivity index is 1.39. The van der Waals surface area contributed by atoms with Gasteiger partial charge in [0, 0.05) is 17.9 Å². The molecule has 7 rings (SSSR count). The van der Waals surface area contributed by atoms with E-state index in [1.54, 1.807) is 0 Å². The molecule has 0 radical (unpaired) electrons. The molecule has 3 atom stereocenters. The van der Waals surface area contributed by atoms with Crippen molar-refractivity contribution in [3.63, 3.8) is 0 Å². The number of carbonyl (C=O) groups is 1.